The minimum atomic E-state index is -0.858. The van der Waals surface area contributed by atoms with Gasteiger partial charge in [0.15, 0.2) is 0 Å². The quantitative estimate of drug-likeness (QED) is 0.616. The molecule has 0 heterocycles. The molecule has 0 fully saturated rings. The number of hydrogen-bond donors (Lipinski definition) is 1. The van der Waals surface area contributed by atoms with E-state index in [0.717, 1.165) is 5.56 Å². The van der Waals surface area contributed by atoms with Crippen molar-refractivity contribution >= 4 is 5.97 Å². The fourth-order valence-corrected chi connectivity index (χ4v) is 1.94. The van der Waals surface area contributed by atoms with Crippen molar-refractivity contribution in [2.75, 3.05) is 13.2 Å². The summed E-state index contributed by atoms with van der Waals surface area (Å²) in [5.41, 5.74) is 0.0186. The zero-order valence-electron chi connectivity index (χ0n) is 10.9. The van der Waals surface area contributed by atoms with Gasteiger partial charge in [-0.05, 0) is 18.9 Å². The Morgan fingerprint density at radius 1 is 1.39 bits per heavy atom. The molecule has 3 heteroatoms. The van der Waals surface area contributed by atoms with E-state index in [-0.39, 0.29) is 5.97 Å². The van der Waals surface area contributed by atoms with Crippen LogP contribution in [0.15, 0.2) is 30.3 Å². The summed E-state index contributed by atoms with van der Waals surface area (Å²) in [7, 11) is 0. The number of ether oxygens (including phenoxy) is 1. The Bertz CT molecular complexity index is 422. The van der Waals surface area contributed by atoms with Crippen LogP contribution in [0.1, 0.15) is 25.8 Å². The molecule has 0 aliphatic heterocycles. The fraction of sp³-hybridized carbons (Fsp3) is 0.400. The van der Waals surface area contributed by atoms with Crippen molar-refractivity contribution in [2.45, 2.75) is 25.8 Å². The van der Waals surface area contributed by atoms with Gasteiger partial charge in [-0.2, -0.15) is 0 Å². The van der Waals surface area contributed by atoms with Gasteiger partial charge in [0.1, 0.15) is 5.54 Å². The smallest absolute Gasteiger partial charge is 0.331 e. The highest BCUT2D eigenvalue weighted by molar-refractivity contribution is 5.82. The summed E-state index contributed by atoms with van der Waals surface area (Å²) in [4.78, 5) is 12.2. The van der Waals surface area contributed by atoms with Gasteiger partial charge in [0.05, 0.1) is 13.2 Å². The van der Waals surface area contributed by atoms with Gasteiger partial charge in [-0.15, -0.1) is 6.42 Å². The summed E-state index contributed by atoms with van der Waals surface area (Å²) in [6, 6.07) is 9.52. The molecule has 0 bridgehead atoms. The second-order valence-corrected chi connectivity index (χ2v) is 3.90. The summed E-state index contributed by atoms with van der Waals surface area (Å²) >= 11 is 0. The average Bonchev–Trinajstić information content (AvgIpc) is 2.42. The molecule has 1 aromatic carbocycles. The number of hydrogen-bond acceptors (Lipinski definition) is 3. The highest BCUT2D eigenvalue weighted by Gasteiger charge is 2.39. The molecular weight excluding hydrogens is 226 g/mol. The maximum absolute atomic E-state index is 12.2. The molecule has 0 aliphatic rings. The SMILES string of the molecule is C#CCNC(CC)(C(=O)OCC)c1ccccc1. The summed E-state index contributed by atoms with van der Waals surface area (Å²) in [6.07, 6.45) is 5.86. The van der Waals surface area contributed by atoms with E-state index in [2.05, 4.69) is 11.2 Å². The molecule has 0 amide bonds. The van der Waals surface area contributed by atoms with Crippen LogP contribution in [-0.2, 0) is 15.1 Å². The van der Waals surface area contributed by atoms with Crippen molar-refractivity contribution in [2.24, 2.45) is 0 Å². The van der Waals surface area contributed by atoms with Crippen LogP contribution < -0.4 is 5.32 Å². The van der Waals surface area contributed by atoms with E-state index in [0.29, 0.717) is 19.6 Å². The van der Waals surface area contributed by atoms with Crippen LogP contribution in [-0.4, -0.2) is 19.1 Å². The molecule has 1 N–H and O–H groups in total. The average molecular weight is 245 g/mol. The van der Waals surface area contributed by atoms with Crippen LogP contribution >= 0.6 is 0 Å². The van der Waals surface area contributed by atoms with Gasteiger partial charge in [-0.1, -0.05) is 43.2 Å². The lowest BCUT2D eigenvalue weighted by molar-refractivity contribution is -0.151. The van der Waals surface area contributed by atoms with Crippen molar-refractivity contribution in [3.8, 4) is 12.3 Å². The molecule has 1 aromatic rings. The minimum absolute atomic E-state index is 0.283. The highest BCUT2D eigenvalue weighted by Crippen LogP contribution is 2.26. The molecule has 0 saturated carbocycles. The molecule has 0 radical (unpaired) electrons. The first kappa shape index (κ1) is 14.3. The number of benzene rings is 1. The van der Waals surface area contributed by atoms with Gasteiger partial charge in [-0.3, -0.25) is 5.32 Å². The number of carbonyl (C=O) groups excluding carboxylic acids is 1. The van der Waals surface area contributed by atoms with E-state index >= 15 is 0 Å². The Morgan fingerprint density at radius 2 is 2.06 bits per heavy atom. The van der Waals surface area contributed by atoms with E-state index in [4.69, 9.17) is 11.2 Å². The number of rotatable bonds is 6. The summed E-state index contributed by atoms with van der Waals surface area (Å²) in [6.45, 7) is 4.41. The van der Waals surface area contributed by atoms with E-state index in [9.17, 15) is 4.79 Å². The third-order valence-corrected chi connectivity index (χ3v) is 2.91. The maximum Gasteiger partial charge on any atom is 0.331 e. The van der Waals surface area contributed by atoms with Crippen LogP contribution in [0.5, 0.6) is 0 Å². The minimum Gasteiger partial charge on any atom is -0.464 e. The largest absolute Gasteiger partial charge is 0.464 e. The van der Waals surface area contributed by atoms with E-state index in [1.165, 1.54) is 0 Å². The first-order valence-corrected chi connectivity index (χ1v) is 6.12. The fourth-order valence-electron chi connectivity index (χ4n) is 1.94. The summed E-state index contributed by atoms with van der Waals surface area (Å²) in [5.74, 6) is 2.22. The number of carbonyl (C=O) groups is 1. The zero-order chi connectivity index (χ0) is 13.4. The number of terminal acetylenes is 1. The third kappa shape index (κ3) is 2.91. The van der Waals surface area contributed by atoms with Gasteiger partial charge in [0.25, 0.3) is 0 Å². The van der Waals surface area contributed by atoms with Crippen molar-refractivity contribution in [3.63, 3.8) is 0 Å². The molecule has 0 aromatic heterocycles. The third-order valence-electron chi connectivity index (χ3n) is 2.91. The Labute approximate surface area is 109 Å². The normalized spacial score (nSPS) is 13.4. The molecule has 18 heavy (non-hydrogen) atoms. The molecule has 1 unspecified atom stereocenters. The second kappa shape index (κ2) is 6.83. The van der Waals surface area contributed by atoms with Gasteiger partial charge in [0.2, 0.25) is 0 Å². The maximum atomic E-state index is 12.2. The molecule has 1 rings (SSSR count). The number of esters is 1. The Hall–Kier alpha value is -1.79. The predicted molar refractivity (Wildman–Crippen MR) is 71.9 cm³/mol. The molecule has 1 atom stereocenters. The van der Waals surface area contributed by atoms with Crippen LogP contribution in [0, 0.1) is 12.3 Å². The molecule has 0 aliphatic carbocycles. The Morgan fingerprint density at radius 3 is 2.56 bits per heavy atom. The van der Waals surface area contributed by atoms with E-state index < -0.39 is 5.54 Å². The van der Waals surface area contributed by atoms with E-state index in [1.54, 1.807) is 6.92 Å². The summed E-state index contributed by atoms with van der Waals surface area (Å²) in [5, 5.41) is 3.12. The Balaban J connectivity index is 3.14. The Kier molecular flexibility index (Phi) is 5.41. The van der Waals surface area contributed by atoms with Crippen LogP contribution in [0.3, 0.4) is 0 Å². The molecule has 0 saturated heterocycles. The lowest BCUT2D eigenvalue weighted by Crippen LogP contribution is -2.50. The van der Waals surface area contributed by atoms with Crippen LogP contribution in [0.2, 0.25) is 0 Å². The summed E-state index contributed by atoms with van der Waals surface area (Å²) < 4.78 is 5.18. The van der Waals surface area contributed by atoms with Crippen molar-refractivity contribution in [1.29, 1.82) is 0 Å². The first-order valence-electron chi connectivity index (χ1n) is 6.12. The van der Waals surface area contributed by atoms with Gasteiger partial charge in [-0.25, -0.2) is 4.79 Å². The van der Waals surface area contributed by atoms with Crippen molar-refractivity contribution in [1.82, 2.24) is 5.32 Å². The molecule has 3 nitrogen and oxygen atoms in total. The van der Waals surface area contributed by atoms with Crippen LogP contribution in [0.4, 0.5) is 0 Å². The van der Waals surface area contributed by atoms with Gasteiger partial charge < -0.3 is 4.74 Å². The van der Waals surface area contributed by atoms with Crippen molar-refractivity contribution in [3.05, 3.63) is 35.9 Å². The standard InChI is InChI=1S/C15H19NO2/c1-4-12-16-15(5-2,14(17)18-6-3)13-10-8-7-9-11-13/h1,7-11,16H,5-6,12H2,2-3H3. The van der Waals surface area contributed by atoms with E-state index in [1.807, 2.05) is 37.3 Å². The van der Waals surface area contributed by atoms with Crippen molar-refractivity contribution < 1.29 is 9.53 Å². The lowest BCUT2D eigenvalue weighted by Gasteiger charge is -2.31. The highest BCUT2D eigenvalue weighted by atomic mass is 16.5. The lowest BCUT2D eigenvalue weighted by atomic mass is 9.87. The predicted octanol–water partition coefficient (Wildman–Crippen LogP) is 2.08. The molecular formula is C15H19NO2. The van der Waals surface area contributed by atoms with Gasteiger partial charge >= 0.3 is 5.97 Å². The molecule has 96 valence electrons. The monoisotopic (exact) mass is 245 g/mol. The topological polar surface area (TPSA) is 38.3 Å². The first-order chi connectivity index (χ1) is 8.71. The van der Waals surface area contributed by atoms with Crippen LogP contribution in [0.25, 0.3) is 0 Å². The number of nitrogens with one attached hydrogen (secondary N) is 1. The zero-order valence-corrected chi connectivity index (χ0v) is 10.9. The molecule has 0 spiro atoms. The second-order valence-electron chi connectivity index (χ2n) is 3.90. The van der Waals surface area contributed by atoms with Gasteiger partial charge in [0, 0.05) is 0 Å².